The Hall–Kier alpha value is -0.900. The minimum atomic E-state index is -0.0810. The molecule has 16 heavy (non-hydrogen) atoms. The maximum Gasteiger partial charge on any atom is 0.269 e. The fourth-order valence-electron chi connectivity index (χ4n) is 1.36. The summed E-state index contributed by atoms with van der Waals surface area (Å²) in [4.78, 5) is 15.8. The largest absolute Gasteiger partial charge is 0.351 e. The molecule has 0 saturated carbocycles. The second-order valence-corrected chi connectivity index (χ2v) is 4.46. The number of rotatable bonds is 6. The van der Waals surface area contributed by atoms with Gasteiger partial charge >= 0.3 is 0 Å². The summed E-state index contributed by atoms with van der Waals surface area (Å²) in [5.41, 5.74) is 1.37. The predicted molar refractivity (Wildman–Crippen MR) is 69.0 cm³/mol. The van der Waals surface area contributed by atoms with Crippen LogP contribution < -0.4 is 5.32 Å². The zero-order chi connectivity index (χ0) is 11.8. The van der Waals surface area contributed by atoms with Crippen LogP contribution in [0.5, 0.6) is 0 Å². The molecule has 0 aliphatic rings. The highest BCUT2D eigenvalue weighted by Crippen LogP contribution is 1.99. The Kier molecular flexibility index (Phi) is 6.08. The molecule has 1 rings (SSSR count). The molecule has 0 atom stereocenters. The summed E-state index contributed by atoms with van der Waals surface area (Å²) in [6.07, 6.45) is 3.30. The molecule has 3 nitrogen and oxygen atoms in total. The fourth-order valence-corrected chi connectivity index (χ4v) is 1.75. The van der Waals surface area contributed by atoms with Gasteiger partial charge in [0.25, 0.3) is 5.91 Å². The van der Waals surface area contributed by atoms with Crippen LogP contribution in [0.4, 0.5) is 0 Å². The van der Waals surface area contributed by atoms with E-state index < -0.39 is 0 Å². The number of carbonyl (C=O) groups excluding carboxylic acids is 1. The van der Waals surface area contributed by atoms with E-state index >= 15 is 0 Å². The predicted octanol–water partition coefficient (Wildman–Crippen LogP) is 2.69. The van der Waals surface area contributed by atoms with Gasteiger partial charge in [0.2, 0.25) is 0 Å². The summed E-state index contributed by atoms with van der Waals surface area (Å²) in [6, 6.07) is 5.47. The zero-order valence-corrected chi connectivity index (χ0v) is 11.1. The lowest BCUT2D eigenvalue weighted by Gasteiger charge is -2.04. The van der Waals surface area contributed by atoms with E-state index in [1.807, 2.05) is 19.1 Å². The van der Waals surface area contributed by atoms with Crippen LogP contribution in [0.1, 0.15) is 35.4 Å². The Bertz CT molecular complexity index is 342. The lowest BCUT2D eigenvalue weighted by atomic mass is 10.2. The van der Waals surface area contributed by atoms with Crippen molar-refractivity contribution in [2.45, 2.75) is 26.2 Å². The van der Waals surface area contributed by atoms with E-state index in [1.165, 1.54) is 0 Å². The molecule has 0 spiro atoms. The van der Waals surface area contributed by atoms with Gasteiger partial charge in [0.05, 0.1) is 0 Å². The highest BCUT2D eigenvalue weighted by Gasteiger charge is 2.05. The lowest BCUT2D eigenvalue weighted by Crippen LogP contribution is -2.25. The quantitative estimate of drug-likeness (QED) is 0.645. The van der Waals surface area contributed by atoms with Crippen molar-refractivity contribution in [1.82, 2.24) is 10.3 Å². The number of hydrogen-bond donors (Lipinski definition) is 1. The normalized spacial score (nSPS) is 10.1. The van der Waals surface area contributed by atoms with Gasteiger partial charge in [-0.3, -0.25) is 4.79 Å². The number of nitrogens with zero attached hydrogens (tertiary/aromatic N) is 1. The Morgan fingerprint density at radius 2 is 2.19 bits per heavy atom. The number of pyridine rings is 1. The van der Waals surface area contributed by atoms with Crippen molar-refractivity contribution < 1.29 is 4.79 Å². The van der Waals surface area contributed by atoms with Crippen molar-refractivity contribution in [1.29, 1.82) is 0 Å². The van der Waals surface area contributed by atoms with Crippen molar-refractivity contribution in [3.63, 3.8) is 0 Å². The van der Waals surface area contributed by atoms with Crippen LogP contribution in [0.15, 0.2) is 18.2 Å². The highest BCUT2D eigenvalue weighted by atomic mass is 79.9. The number of aromatic nitrogens is 1. The third-order valence-electron chi connectivity index (χ3n) is 2.22. The van der Waals surface area contributed by atoms with Gasteiger partial charge in [-0.1, -0.05) is 28.4 Å². The van der Waals surface area contributed by atoms with Crippen LogP contribution >= 0.6 is 15.9 Å². The van der Waals surface area contributed by atoms with E-state index in [0.717, 1.165) is 36.8 Å². The Balaban J connectivity index is 2.30. The molecular formula is C12H17BrN2O. The molecule has 88 valence electrons. The van der Waals surface area contributed by atoms with Crippen LogP contribution in [0.3, 0.4) is 0 Å². The molecule has 0 radical (unpaired) electrons. The molecule has 0 aromatic carbocycles. The summed E-state index contributed by atoms with van der Waals surface area (Å²) < 4.78 is 0. The monoisotopic (exact) mass is 284 g/mol. The van der Waals surface area contributed by atoms with Crippen LogP contribution in [0, 0.1) is 6.92 Å². The maximum atomic E-state index is 11.6. The third-order valence-corrected chi connectivity index (χ3v) is 2.78. The number of halogens is 1. The molecule has 0 unspecified atom stereocenters. The Morgan fingerprint density at radius 1 is 1.38 bits per heavy atom. The Labute approximate surface area is 105 Å². The van der Waals surface area contributed by atoms with Gasteiger partial charge in [0.1, 0.15) is 5.69 Å². The van der Waals surface area contributed by atoms with Crippen molar-refractivity contribution >= 4 is 21.8 Å². The minimum absolute atomic E-state index is 0.0810. The van der Waals surface area contributed by atoms with Crippen molar-refractivity contribution in [2.75, 3.05) is 11.9 Å². The van der Waals surface area contributed by atoms with Gasteiger partial charge in [-0.05, 0) is 31.9 Å². The average molecular weight is 285 g/mol. The zero-order valence-electron chi connectivity index (χ0n) is 9.50. The molecule has 1 heterocycles. The van der Waals surface area contributed by atoms with Gasteiger partial charge in [-0.2, -0.15) is 0 Å². The smallest absolute Gasteiger partial charge is 0.269 e. The molecular weight excluding hydrogens is 268 g/mol. The van der Waals surface area contributed by atoms with E-state index in [-0.39, 0.29) is 5.91 Å². The first-order valence-corrected chi connectivity index (χ1v) is 6.64. The third kappa shape index (κ3) is 4.75. The number of alkyl halides is 1. The maximum absolute atomic E-state index is 11.6. The minimum Gasteiger partial charge on any atom is -0.351 e. The molecule has 0 aliphatic heterocycles. The van der Waals surface area contributed by atoms with Crippen LogP contribution in [0.2, 0.25) is 0 Å². The number of amides is 1. The van der Waals surface area contributed by atoms with Gasteiger partial charge in [-0.15, -0.1) is 0 Å². The van der Waals surface area contributed by atoms with E-state index in [2.05, 4.69) is 26.2 Å². The number of nitrogens with one attached hydrogen (secondary N) is 1. The molecule has 1 aromatic heterocycles. The Morgan fingerprint density at radius 3 is 2.88 bits per heavy atom. The first kappa shape index (κ1) is 13.2. The van der Waals surface area contributed by atoms with Crippen LogP contribution in [-0.2, 0) is 0 Å². The average Bonchev–Trinajstić information content (AvgIpc) is 2.28. The summed E-state index contributed by atoms with van der Waals surface area (Å²) in [5.74, 6) is -0.0810. The number of carbonyl (C=O) groups is 1. The lowest BCUT2D eigenvalue weighted by molar-refractivity contribution is 0.0948. The van der Waals surface area contributed by atoms with Crippen molar-refractivity contribution in [2.24, 2.45) is 0 Å². The molecule has 1 N–H and O–H groups in total. The van der Waals surface area contributed by atoms with Crippen LogP contribution in [0.25, 0.3) is 0 Å². The number of unbranched alkanes of at least 4 members (excludes halogenated alkanes) is 2. The summed E-state index contributed by atoms with van der Waals surface area (Å²) >= 11 is 3.38. The van der Waals surface area contributed by atoms with Gasteiger partial charge in [0.15, 0.2) is 0 Å². The van der Waals surface area contributed by atoms with E-state index in [0.29, 0.717) is 5.69 Å². The van der Waals surface area contributed by atoms with Crippen LogP contribution in [-0.4, -0.2) is 22.8 Å². The molecule has 1 aromatic rings. The summed E-state index contributed by atoms with van der Waals surface area (Å²) in [7, 11) is 0. The first-order valence-electron chi connectivity index (χ1n) is 5.52. The number of aryl methyl sites for hydroxylation is 1. The van der Waals surface area contributed by atoms with Crippen molar-refractivity contribution in [3.05, 3.63) is 29.6 Å². The second-order valence-electron chi connectivity index (χ2n) is 3.67. The highest BCUT2D eigenvalue weighted by molar-refractivity contribution is 9.09. The van der Waals surface area contributed by atoms with Gasteiger partial charge < -0.3 is 5.32 Å². The molecule has 0 aliphatic carbocycles. The summed E-state index contributed by atoms with van der Waals surface area (Å²) in [6.45, 7) is 2.61. The second kappa shape index (κ2) is 7.39. The number of hydrogen-bond acceptors (Lipinski definition) is 2. The molecule has 0 fully saturated rings. The molecule has 0 bridgehead atoms. The van der Waals surface area contributed by atoms with Gasteiger partial charge in [0, 0.05) is 17.6 Å². The molecule has 4 heteroatoms. The molecule has 0 saturated heterocycles. The van der Waals surface area contributed by atoms with E-state index in [9.17, 15) is 4.79 Å². The standard InChI is InChI=1S/C12H17BrN2O/c1-10-6-5-7-11(15-10)12(16)14-9-4-2-3-8-13/h5-7H,2-4,8-9H2,1H3,(H,14,16). The topological polar surface area (TPSA) is 42.0 Å². The fraction of sp³-hybridized carbons (Fsp3) is 0.500. The van der Waals surface area contributed by atoms with Gasteiger partial charge in [-0.25, -0.2) is 4.98 Å². The summed E-state index contributed by atoms with van der Waals surface area (Å²) in [5, 5.41) is 3.90. The van der Waals surface area contributed by atoms with E-state index in [1.54, 1.807) is 6.07 Å². The first-order chi connectivity index (χ1) is 7.74. The molecule has 1 amide bonds. The van der Waals surface area contributed by atoms with E-state index in [4.69, 9.17) is 0 Å². The SMILES string of the molecule is Cc1cccc(C(=O)NCCCCCBr)n1. The van der Waals surface area contributed by atoms with Crippen molar-refractivity contribution in [3.8, 4) is 0 Å².